The first-order chi connectivity index (χ1) is 16.8. The Morgan fingerprint density at radius 3 is 2.49 bits per heavy atom. The summed E-state index contributed by atoms with van der Waals surface area (Å²) in [4.78, 5) is 22.8. The van der Waals surface area contributed by atoms with Crippen LogP contribution in [0.4, 0.5) is 0 Å². The summed E-state index contributed by atoms with van der Waals surface area (Å²) in [5.41, 5.74) is 1.24. The minimum absolute atomic E-state index is 0.0107. The molecule has 4 rings (SSSR count). The average molecular weight is 535 g/mol. The van der Waals surface area contributed by atoms with E-state index >= 15 is 0 Å². The van der Waals surface area contributed by atoms with Crippen molar-refractivity contribution in [1.82, 2.24) is 14.4 Å². The lowest BCUT2D eigenvalue weighted by Crippen LogP contribution is -2.48. The van der Waals surface area contributed by atoms with E-state index < -0.39 is 9.84 Å². The Morgan fingerprint density at radius 2 is 1.77 bits per heavy atom. The number of hydrogen-bond acceptors (Lipinski definition) is 6. The number of aromatic nitrogens is 1. The molecule has 0 spiro atoms. The van der Waals surface area contributed by atoms with E-state index in [9.17, 15) is 13.2 Å². The van der Waals surface area contributed by atoms with Gasteiger partial charge in [0.05, 0.1) is 10.6 Å². The molecule has 1 aliphatic rings. The van der Waals surface area contributed by atoms with Crippen LogP contribution in [0, 0.1) is 0 Å². The molecule has 1 saturated heterocycles. The minimum atomic E-state index is -3.56. The molecule has 0 unspecified atom stereocenters. The van der Waals surface area contributed by atoms with Crippen LogP contribution in [0.1, 0.15) is 26.0 Å². The number of hydrogen-bond donors (Lipinski definition) is 0. The average Bonchev–Trinajstić information content (AvgIpc) is 3.23. The van der Waals surface area contributed by atoms with Crippen molar-refractivity contribution in [2.24, 2.45) is 4.99 Å². The van der Waals surface area contributed by atoms with Crippen LogP contribution in [0.5, 0.6) is 0 Å². The fourth-order valence-corrected chi connectivity index (χ4v) is 6.82. The van der Waals surface area contributed by atoms with Gasteiger partial charge in [-0.2, -0.15) is 0 Å². The van der Waals surface area contributed by atoms with Gasteiger partial charge in [-0.15, -0.1) is 11.3 Å². The van der Waals surface area contributed by atoms with Crippen molar-refractivity contribution in [3.63, 3.8) is 0 Å². The molecule has 0 aliphatic carbocycles. The van der Waals surface area contributed by atoms with Gasteiger partial charge in [0.25, 0.3) is 0 Å². The van der Waals surface area contributed by atoms with Crippen molar-refractivity contribution in [3.8, 4) is 0 Å². The number of carbonyl (C=O) groups excluding carboxylic acids is 1. The zero-order chi connectivity index (χ0) is 25.0. The van der Waals surface area contributed by atoms with Crippen LogP contribution in [0.25, 0.3) is 10.8 Å². The van der Waals surface area contributed by atoms with E-state index in [2.05, 4.69) is 26.8 Å². The number of nitrogens with zero attached hydrogens (tertiary/aromatic N) is 4. The van der Waals surface area contributed by atoms with Crippen LogP contribution in [0.3, 0.4) is 0 Å². The number of carbonyl (C=O) groups is 1. The molecule has 0 bridgehead atoms. The normalized spacial score (nSPS) is 15.7. The molecule has 1 amide bonds. The number of halogens is 1. The number of sulfone groups is 1. The van der Waals surface area contributed by atoms with Crippen molar-refractivity contribution in [1.29, 1.82) is 0 Å². The summed E-state index contributed by atoms with van der Waals surface area (Å²) in [7, 11) is -3.56. The van der Waals surface area contributed by atoms with E-state index in [4.69, 9.17) is 11.6 Å². The van der Waals surface area contributed by atoms with Gasteiger partial charge in [-0.25, -0.2) is 8.42 Å². The van der Waals surface area contributed by atoms with Crippen molar-refractivity contribution in [2.45, 2.75) is 38.3 Å². The monoisotopic (exact) mass is 534 g/mol. The third-order valence-corrected chi connectivity index (χ3v) is 9.21. The summed E-state index contributed by atoms with van der Waals surface area (Å²) in [5.74, 6) is -0.302. The van der Waals surface area contributed by atoms with Crippen molar-refractivity contribution in [3.05, 3.63) is 57.3 Å². The Hall–Kier alpha value is -2.20. The quantitative estimate of drug-likeness (QED) is 0.440. The van der Waals surface area contributed by atoms with Crippen LogP contribution in [0.2, 0.25) is 5.02 Å². The number of piperazine rings is 1. The Kier molecular flexibility index (Phi) is 8.31. The highest BCUT2D eigenvalue weighted by Gasteiger charge is 2.24. The number of thiazole rings is 1. The summed E-state index contributed by atoms with van der Waals surface area (Å²) in [5, 5.41) is 4.47. The van der Waals surface area contributed by atoms with E-state index in [1.807, 2.05) is 6.92 Å². The van der Waals surface area contributed by atoms with Crippen LogP contribution in [-0.2, 0) is 27.7 Å². The van der Waals surface area contributed by atoms with Crippen molar-refractivity contribution >= 4 is 49.5 Å². The van der Waals surface area contributed by atoms with E-state index in [1.54, 1.807) is 52.6 Å². The molecule has 3 aromatic rings. The Morgan fingerprint density at radius 1 is 1.06 bits per heavy atom. The third-order valence-electron chi connectivity index (χ3n) is 6.32. The lowest BCUT2D eigenvalue weighted by molar-refractivity contribution is -0.132. The fourth-order valence-electron chi connectivity index (χ4n) is 4.36. The van der Waals surface area contributed by atoms with E-state index in [0.717, 1.165) is 48.3 Å². The van der Waals surface area contributed by atoms with Gasteiger partial charge in [-0.05, 0) is 48.9 Å². The van der Waals surface area contributed by atoms with Gasteiger partial charge in [-0.3, -0.25) is 14.7 Å². The molecule has 0 saturated carbocycles. The first-order valence-corrected chi connectivity index (χ1v) is 14.8. The molecule has 35 heavy (non-hydrogen) atoms. The number of fused-ring (bicyclic) bond motifs is 1. The molecule has 0 N–H and O–H groups in total. The standard InChI is InChI=1S/C25H31ClN4O3S2/c1-3-27-25-30(4-2)22(18-34-25)17-28-10-12-29(13-11-28)24(31)9-14-35(32,33)23-8-6-19-15-21(26)7-5-20(19)16-23/h5-8,15-16,18H,3-4,9-14,17H2,1-2H3/b27-25-. The summed E-state index contributed by atoms with van der Waals surface area (Å²) < 4.78 is 28.0. The van der Waals surface area contributed by atoms with E-state index in [0.29, 0.717) is 18.1 Å². The zero-order valence-electron chi connectivity index (χ0n) is 20.1. The van der Waals surface area contributed by atoms with Crippen molar-refractivity contribution in [2.75, 3.05) is 38.5 Å². The maximum absolute atomic E-state index is 12.9. The molecule has 1 aromatic heterocycles. The van der Waals surface area contributed by atoms with Gasteiger partial charge < -0.3 is 9.47 Å². The minimum Gasteiger partial charge on any atom is -0.340 e. The van der Waals surface area contributed by atoms with Gasteiger partial charge >= 0.3 is 0 Å². The topological polar surface area (TPSA) is 75.0 Å². The van der Waals surface area contributed by atoms with Gasteiger partial charge in [0, 0.05) is 68.3 Å². The van der Waals surface area contributed by atoms with E-state index in [1.165, 1.54) is 5.69 Å². The summed E-state index contributed by atoms with van der Waals surface area (Å²) >= 11 is 7.68. The number of benzene rings is 2. The Bertz CT molecular complexity index is 1370. The molecule has 2 aromatic carbocycles. The highest BCUT2D eigenvalue weighted by Crippen LogP contribution is 2.23. The molecular formula is C25H31ClN4O3S2. The highest BCUT2D eigenvalue weighted by molar-refractivity contribution is 7.91. The third kappa shape index (κ3) is 6.14. The lowest BCUT2D eigenvalue weighted by Gasteiger charge is -2.34. The molecule has 0 atom stereocenters. The van der Waals surface area contributed by atoms with Crippen molar-refractivity contribution < 1.29 is 13.2 Å². The summed E-state index contributed by atoms with van der Waals surface area (Å²) in [6.45, 7) is 9.41. The molecular weight excluding hydrogens is 504 g/mol. The van der Waals surface area contributed by atoms with Gasteiger partial charge in [0.2, 0.25) is 5.91 Å². The smallest absolute Gasteiger partial charge is 0.223 e. The second-order valence-electron chi connectivity index (χ2n) is 8.61. The molecule has 7 nitrogen and oxygen atoms in total. The van der Waals surface area contributed by atoms with Gasteiger partial charge in [0.1, 0.15) is 0 Å². The summed E-state index contributed by atoms with van der Waals surface area (Å²) in [6, 6.07) is 10.3. The molecule has 0 radical (unpaired) electrons. The Labute approximate surface area is 215 Å². The second kappa shape index (κ2) is 11.2. The second-order valence-corrected chi connectivity index (χ2v) is 12.0. The maximum Gasteiger partial charge on any atom is 0.223 e. The molecule has 188 valence electrons. The highest BCUT2D eigenvalue weighted by atomic mass is 35.5. The van der Waals surface area contributed by atoms with Gasteiger partial charge in [0.15, 0.2) is 14.6 Å². The maximum atomic E-state index is 12.9. The Balaban J connectivity index is 1.31. The van der Waals surface area contributed by atoms with Crippen LogP contribution >= 0.6 is 22.9 Å². The first kappa shape index (κ1) is 25.9. The first-order valence-electron chi connectivity index (χ1n) is 11.9. The number of rotatable bonds is 8. The molecule has 10 heteroatoms. The molecule has 1 fully saturated rings. The van der Waals surface area contributed by atoms with Crippen LogP contribution < -0.4 is 4.80 Å². The lowest BCUT2D eigenvalue weighted by atomic mass is 10.1. The van der Waals surface area contributed by atoms with Crippen LogP contribution in [0.15, 0.2) is 51.7 Å². The predicted octanol–water partition coefficient (Wildman–Crippen LogP) is 3.80. The molecule has 1 aliphatic heterocycles. The molecule has 2 heterocycles. The largest absolute Gasteiger partial charge is 0.340 e. The number of amides is 1. The van der Waals surface area contributed by atoms with E-state index in [-0.39, 0.29) is 23.0 Å². The van der Waals surface area contributed by atoms with Gasteiger partial charge in [-0.1, -0.05) is 23.7 Å². The summed E-state index contributed by atoms with van der Waals surface area (Å²) in [6.07, 6.45) is -0.0107. The predicted molar refractivity (Wildman–Crippen MR) is 142 cm³/mol. The zero-order valence-corrected chi connectivity index (χ0v) is 22.5. The van der Waals surface area contributed by atoms with Crippen LogP contribution in [-0.4, -0.2) is 67.2 Å². The fraction of sp³-hybridized carbons (Fsp3) is 0.440. The SMILES string of the molecule is CC/N=c1\scc(CN2CCN(C(=O)CCS(=O)(=O)c3ccc4cc(Cl)ccc4c3)CC2)n1CC.